The van der Waals surface area contributed by atoms with E-state index < -0.39 is 0 Å². The smallest absolute Gasteiger partial charge is 0.145 e. The standard InChI is InChI=1S/C60H66B30O/c61-29-12(16-19(37(69)53(85)50(82)34(16)66)20-22(29)43(75)55(87)54(86)38(20)70)10-4-2-7-5-9(3-1-8(7)6-10)11-14-17(35(67)51(83)48(80)32(14)64)13(18-15(11)33(65)49(81)52(84)36(18)68)21-39(71)41(73)25(42(74)40(21)72)23-30(62)28-27-31(63)24-26(45(77)57(89)56(88)44(24)76)47(79)59(27)91-60(28)58(90)46(23)78/h1-6H,61-90H2. The SMILES string of the molecule is Bc1c(B)c(-c2c3c(B)c(B)c(B)c(B)c3c(-c3ccc4cc(-c5c(B)c6c(B)c(B)c(B)c(B)c6c6c(B)c(B)c(B)c(B)c56)ccc4c3)c3c(B)c(B)c(B)c(B)c23)c(B)c(B)c1-c1c(B)c(B)c2oc3c(B)c4c(B)c(B)c(B)c(B)c4c(B)c3c2c1B. The first-order chi connectivity index (χ1) is 42.7. The Labute approximate surface area is 566 Å². The van der Waals surface area contributed by atoms with Crippen molar-refractivity contribution in [1.82, 2.24) is 0 Å². The monoisotopic (exact) mass is 1130 g/mol. The zero-order chi connectivity index (χ0) is 66.1. The summed E-state index contributed by atoms with van der Waals surface area (Å²) < 4.78 is 7.20. The second kappa shape index (κ2) is 21.8. The first-order valence-electron chi connectivity index (χ1n) is 33.6. The van der Waals surface area contributed by atoms with Gasteiger partial charge in [-0.25, -0.2) is 0 Å². The molecular weight excluding hydrogens is 1060 g/mol. The molecule has 0 amide bonds. The van der Waals surface area contributed by atoms with Crippen molar-refractivity contribution in [3.05, 3.63) is 36.4 Å². The lowest BCUT2D eigenvalue weighted by Crippen LogP contribution is -2.51. The molecule has 1 aromatic heterocycles. The summed E-state index contributed by atoms with van der Waals surface area (Å²) in [7, 11) is 70.9. The van der Waals surface area contributed by atoms with E-state index in [0.29, 0.717) is 0 Å². The van der Waals surface area contributed by atoms with Crippen molar-refractivity contribution >= 4 is 486 Å². The minimum absolute atomic E-state index is 1.02. The van der Waals surface area contributed by atoms with Gasteiger partial charge in [0.15, 0.2) is 0 Å². The van der Waals surface area contributed by atoms with E-state index in [0.717, 1.165) is 11.2 Å². The zero-order valence-corrected chi connectivity index (χ0v) is 60.9. The van der Waals surface area contributed by atoms with Gasteiger partial charge in [0.25, 0.3) is 0 Å². The fraction of sp³-hybridized carbons (Fsp3) is 0. The molecule has 1 nitrogen and oxygen atoms in total. The third kappa shape index (κ3) is 8.34. The zero-order valence-electron chi connectivity index (χ0n) is 60.9. The lowest BCUT2D eigenvalue weighted by molar-refractivity contribution is 0.675. The van der Waals surface area contributed by atoms with Gasteiger partial charge in [-0.15, -0.1) is 54.6 Å². The number of hydrogen-bond acceptors (Lipinski definition) is 1. The van der Waals surface area contributed by atoms with Crippen LogP contribution in [-0.2, 0) is 0 Å². The molecule has 0 atom stereocenters. The summed E-state index contributed by atoms with van der Waals surface area (Å²) in [5.74, 6) is 0. The summed E-state index contributed by atoms with van der Waals surface area (Å²) in [6, 6.07) is 14.8. The Bertz CT molecular complexity index is 5600. The number of benzene rings is 12. The number of furan rings is 1. The predicted octanol–water partition coefficient (Wildman–Crippen LogP) is -35.1. The van der Waals surface area contributed by atoms with E-state index in [4.69, 9.17) is 4.42 Å². The fourth-order valence-corrected chi connectivity index (χ4v) is 18.3. The molecule has 0 aliphatic heterocycles. The lowest BCUT2D eigenvalue weighted by Gasteiger charge is -2.31. The molecule has 0 aliphatic rings. The molecule has 0 saturated carbocycles. The van der Waals surface area contributed by atoms with Gasteiger partial charge >= 0.3 is 0 Å². The Morgan fingerprint density at radius 2 is 0.396 bits per heavy atom. The van der Waals surface area contributed by atoms with Gasteiger partial charge in [-0.05, 0) is 127 Å². The number of fused-ring (bicyclic) bond motifs is 10. The third-order valence-corrected chi connectivity index (χ3v) is 25.6. The van der Waals surface area contributed by atoms with Gasteiger partial charge in [0.2, 0.25) is 0 Å². The van der Waals surface area contributed by atoms with E-state index in [2.05, 4.69) is 272 Å². The van der Waals surface area contributed by atoms with Gasteiger partial charge in [-0.1, -0.05) is 128 Å². The molecule has 91 heavy (non-hydrogen) atoms. The third-order valence-electron chi connectivity index (χ3n) is 25.6. The van der Waals surface area contributed by atoms with Crippen LogP contribution >= 0.6 is 0 Å². The van der Waals surface area contributed by atoms with E-state index in [1.54, 1.807) is 0 Å². The number of hydrogen-bond donors (Lipinski definition) is 0. The van der Waals surface area contributed by atoms with E-state index in [1.165, 1.54) is 284 Å². The van der Waals surface area contributed by atoms with Gasteiger partial charge in [0, 0.05) is 10.8 Å². The molecule has 13 rings (SSSR count). The average Bonchev–Trinajstić information content (AvgIpc) is 1.28. The summed E-state index contributed by atoms with van der Waals surface area (Å²) >= 11 is 0. The van der Waals surface area contributed by atoms with E-state index in [-0.39, 0.29) is 0 Å². The molecule has 0 unspecified atom stereocenters. The lowest BCUT2D eigenvalue weighted by atomic mass is 9.56. The van der Waals surface area contributed by atoms with Crippen molar-refractivity contribution in [3.63, 3.8) is 0 Å². The molecule has 0 spiro atoms. The van der Waals surface area contributed by atoms with E-state index in [1.807, 2.05) is 0 Å². The fourth-order valence-electron chi connectivity index (χ4n) is 18.3. The maximum atomic E-state index is 7.20. The Morgan fingerprint density at radius 3 is 0.791 bits per heavy atom. The summed E-state index contributed by atoms with van der Waals surface area (Å²) in [5, 5.41) is 19.0. The molecule has 0 radical (unpaired) electrons. The molecule has 31 heteroatoms. The topological polar surface area (TPSA) is 13.1 Å². The van der Waals surface area contributed by atoms with Crippen molar-refractivity contribution in [2.75, 3.05) is 0 Å². The second-order valence-corrected chi connectivity index (χ2v) is 29.0. The highest BCUT2D eigenvalue weighted by atomic mass is 16.3. The van der Waals surface area contributed by atoms with Gasteiger partial charge in [-0.2, -0.15) is 0 Å². The Morgan fingerprint density at radius 1 is 0.154 bits per heavy atom. The van der Waals surface area contributed by atoms with Crippen molar-refractivity contribution in [3.8, 4) is 44.5 Å². The highest BCUT2D eigenvalue weighted by Crippen LogP contribution is 2.41. The van der Waals surface area contributed by atoms with Gasteiger partial charge in [0.1, 0.15) is 247 Å². The highest BCUT2D eigenvalue weighted by Gasteiger charge is 2.31. The van der Waals surface area contributed by atoms with Crippen LogP contribution in [0.25, 0.3) is 131 Å². The van der Waals surface area contributed by atoms with Crippen LogP contribution in [0.1, 0.15) is 0 Å². The predicted molar refractivity (Wildman–Crippen MR) is 506 cm³/mol. The molecule has 0 fully saturated rings. The van der Waals surface area contributed by atoms with Crippen molar-refractivity contribution in [1.29, 1.82) is 0 Å². The highest BCUT2D eigenvalue weighted by molar-refractivity contribution is 6.78. The molecule has 0 bridgehead atoms. The van der Waals surface area contributed by atoms with Gasteiger partial charge in [0.05, 0.1) is 0 Å². The molecule has 0 aliphatic carbocycles. The molecule has 0 N–H and O–H groups in total. The van der Waals surface area contributed by atoms with Gasteiger partial charge < -0.3 is 4.42 Å². The maximum absolute atomic E-state index is 7.20. The van der Waals surface area contributed by atoms with Crippen LogP contribution in [0.15, 0.2) is 40.8 Å². The molecular formula is C60H66B30O. The Balaban J connectivity index is 1.09. The van der Waals surface area contributed by atoms with Crippen molar-refractivity contribution in [2.24, 2.45) is 0 Å². The van der Waals surface area contributed by atoms with Crippen LogP contribution < -0.4 is 164 Å². The quantitative estimate of drug-likeness (QED) is 0.0972. The summed E-state index contributed by atoms with van der Waals surface area (Å²) in [5.41, 5.74) is 53.7. The summed E-state index contributed by atoms with van der Waals surface area (Å²) in [6.45, 7) is 0. The van der Waals surface area contributed by atoms with Crippen molar-refractivity contribution < 1.29 is 4.42 Å². The minimum Gasteiger partial charge on any atom is -0.457 e. The van der Waals surface area contributed by atoms with Crippen LogP contribution in [0.2, 0.25) is 0 Å². The van der Waals surface area contributed by atoms with Crippen LogP contribution in [-0.4, -0.2) is 235 Å². The van der Waals surface area contributed by atoms with E-state index in [9.17, 15) is 0 Å². The summed E-state index contributed by atoms with van der Waals surface area (Å²) in [6.07, 6.45) is 0. The van der Waals surface area contributed by atoms with Crippen LogP contribution in [0.4, 0.5) is 0 Å². The average molecular weight is 1130 g/mol. The minimum atomic E-state index is 1.02. The normalized spacial score (nSPS) is 12.0. The molecule has 0 saturated heterocycles. The summed E-state index contributed by atoms with van der Waals surface area (Å²) in [4.78, 5) is 0. The largest absolute Gasteiger partial charge is 0.457 e. The maximum Gasteiger partial charge on any atom is 0.145 e. The van der Waals surface area contributed by atoms with Crippen LogP contribution in [0.5, 0.6) is 0 Å². The van der Waals surface area contributed by atoms with Crippen molar-refractivity contribution in [2.45, 2.75) is 0 Å². The molecule has 13 aromatic rings. The number of rotatable bonds is 4. The van der Waals surface area contributed by atoms with Crippen LogP contribution in [0.3, 0.4) is 0 Å². The first kappa shape index (κ1) is 63.7. The Kier molecular flexibility index (Phi) is 15.2. The second-order valence-electron chi connectivity index (χ2n) is 29.0. The molecule has 12 aromatic carbocycles. The molecule has 402 valence electrons. The Hall–Kier alpha value is -6.05. The van der Waals surface area contributed by atoms with Crippen LogP contribution in [0, 0.1) is 0 Å². The first-order valence-corrected chi connectivity index (χ1v) is 33.6. The van der Waals surface area contributed by atoms with E-state index >= 15 is 0 Å². The molecule has 1 heterocycles. The van der Waals surface area contributed by atoms with Gasteiger partial charge in [-0.3, -0.25) is 0 Å².